The lowest BCUT2D eigenvalue weighted by molar-refractivity contribution is -0.137. The molecule has 0 saturated carbocycles. The van der Waals surface area contributed by atoms with Crippen LogP contribution in [0.3, 0.4) is 0 Å². The largest absolute Gasteiger partial charge is 0.465 e. The van der Waals surface area contributed by atoms with Crippen LogP contribution >= 0.6 is 0 Å². The minimum absolute atomic E-state index is 0.0731. The van der Waals surface area contributed by atoms with E-state index in [0.717, 1.165) is 17.0 Å². The molecular formula is C13H17F3N2O2. The molecule has 0 aliphatic heterocycles. The van der Waals surface area contributed by atoms with Gasteiger partial charge in [0.15, 0.2) is 0 Å². The quantitative estimate of drug-likeness (QED) is 0.876. The van der Waals surface area contributed by atoms with E-state index in [1.54, 1.807) is 6.92 Å². The summed E-state index contributed by atoms with van der Waals surface area (Å²) < 4.78 is 38.0. The van der Waals surface area contributed by atoms with Crippen molar-refractivity contribution in [3.8, 4) is 0 Å². The molecule has 0 saturated heterocycles. The van der Waals surface area contributed by atoms with Crippen molar-refractivity contribution in [2.24, 2.45) is 5.73 Å². The lowest BCUT2D eigenvalue weighted by Gasteiger charge is -2.24. The minimum atomic E-state index is -4.42. The van der Waals surface area contributed by atoms with E-state index in [0.29, 0.717) is 5.56 Å². The van der Waals surface area contributed by atoms with Crippen molar-refractivity contribution in [3.05, 3.63) is 35.4 Å². The summed E-state index contributed by atoms with van der Waals surface area (Å²) >= 11 is 0. The third kappa shape index (κ3) is 4.12. The van der Waals surface area contributed by atoms with Gasteiger partial charge in [0, 0.05) is 25.6 Å². The number of amides is 1. The van der Waals surface area contributed by atoms with E-state index in [2.05, 4.69) is 0 Å². The van der Waals surface area contributed by atoms with E-state index >= 15 is 0 Å². The second-order valence-electron chi connectivity index (χ2n) is 4.38. The molecule has 0 aliphatic rings. The standard InChI is InChI=1S/C13H17F3N2O2/c1-2-18(12(19)20)8-10(7-17)9-4-3-5-11(6-9)13(14,15)16/h3-6,10H,2,7-8,17H2,1H3,(H,19,20). The molecule has 0 spiro atoms. The highest BCUT2D eigenvalue weighted by Gasteiger charge is 2.31. The summed E-state index contributed by atoms with van der Waals surface area (Å²) in [7, 11) is 0. The molecule has 0 radical (unpaired) electrons. The van der Waals surface area contributed by atoms with Gasteiger partial charge >= 0.3 is 12.3 Å². The van der Waals surface area contributed by atoms with E-state index < -0.39 is 23.8 Å². The van der Waals surface area contributed by atoms with Gasteiger partial charge in [0.05, 0.1) is 5.56 Å². The van der Waals surface area contributed by atoms with Crippen molar-refractivity contribution < 1.29 is 23.1 Å². The molecule has 1 aromatic carbocycles. The van der Waals surface area contributed by atoms with Crippen molar-refractivity contribution in [2.45, 2.75) is 19.0 Å². The fourth-order valence-corrected chi connectivity index (χ4v) is 1.89. The van der Waals surface area contributed by atoms with Crippen LogP contribution in [0.4, 0.5) is 18.0 Å². The molecule has 0 heterocycles. The molecule has 0 aliphatic carbocycles. The normalized spacial score (nSPS) is 13.1. The van der Waals surface area contributed by atoms with Gasteiger partial charge < -0.3 is 15.7 Å². The SMILES string of the molecule is CCN(CC(CN)c1cccc(C(F)(F)F)c1)C(=O)O. The molecule has 1 rings (SSSR count). The van der Waals surface area contributed by atoms with Crippen LogP contribution < -0.4 is 5.73 Å². The lowest BCUT2D eigenvalue weighted by Crippen LogP contribution is -2.35. The third-order valence-corrected chi connectivity index (χ3v) is 3.06. The summed E-state index contributed by atoms with van der Waals surface area (Å²) in [5, 5.41) is 8.95. The molecule has 0 aromatic heterocycles. The Hall–Kier alpha value is -1.76. The van der Waals surface area contributed by atoms with Crippen molar-refractivity contribution in [1.82, 2.24) is 4.90 Å². The number of hydrogen-bond acceptors (Lipinski definition) is 2. The van der Waals surface area contributed by atoms with Crippen LogP contribution in [0.25, 0.3) is 0 Å². The van der Waals surface area contributed by atoms with Gasteiger partial charge in [-0.15, -0.1) is 0 Å². The number of carboxylic acid groups (broad SMARTS) is 1. The molecule has 4 nitrogen and oxygen atoms in total. The molecular weight excluding hydrogens is 273 g/mol. The molecule has 1 atom stereocenters. The van der Waals surface area contributed by atoms with Crippen LogP contribution in [-0.2, 0) is 6.18 Å². The fraction of sp³-hybridized carbons (Fsp3) is 0.462. The molecule has 0 bridgehead atoms. The Morgan fingerprint density at radius 2 is 2.10 bits per heavy atom. The maximum atomic E-state index is 12.7. The number of rotatable bonds is 5. The Balaban J connectivity index is 2.98. The number of halogens is 3. The Morgan fingerprint density at radius 3 is 2.55 bits per heavy atom. The molecule has 1 amide bonds. The average Bonchev–Trinajstić information content (AvgIpc) is 2.39. The summed E-state index contributed by atoms with van der Waals surface area (Å²) in [4.78, 5) is 12.1. The Morgan fingerprint density at radius 1 is 1.45 bits per heavy atom. The molecule has 112 valence electrons. The summed E-state index contributed by atoms with van der Waals surface area (Å²) in [6, 6.07) is 4.83. The number of alkyl halides is 3. The lowest BCUT2D eigenvalue weighted by atomic mass is 9.96. The van der Waals surface area contributed by atoms with Gasteiger partial charge in [-0.25, -0.2) is 4.79 Å². The van der Waals surface area contributed by atoms with Crippen molar-refractivity contribution in [3.63, 3.8) is 0 Å². The van der Waals surface area contributed by atoms with Crippen LogP contribution in [0, 0.1) is 0 Å². The van der Waals surface area contributed by atoms with Gasteiger partial charge in [0.2, 0.25) is 0 Å². The zero-order valence-electron chi connectivity index (χ0n) is 11.0. The highest BCUT2D eigenvalue weighted by molar-refractivity contribution is 5.65. The summed E-state index contributed by atoms with van der Waals surface area (Å²) in [5.74, 6) is -0.464. The van der Waals surface area contributed by atoms with Gasteiger partial charge in [-0.3, -0.25) is 0 Å². The number of nitrogens with two attached hydrogens (primary N) is 1. The summed E-state index contributed by atoms with van der Waals surface area (Å²) in [6.45, 7) is 2.06. The Bertz CT molecular complexity index is 463. The average molecular weight is 290 g/mol. The zero-order valence-corrected chi connectivity index (χ0v) is 11.0. The smallest absolute Gasteiger partial charge is 0.416 e. The second-order valence-corrected chi connectivity index (χ2v) is 4.38. The fourth-order valence-electron chi connectivity index (χ4n) is 1.89. The van der Waals surface area contributed by atoms with Gasteiger partial charge in [0.1, 0.15) is 0 Å². The van der Waals surface area contributed by atoms with Crippen LogP contribution in [0.5, 0.6) is 0 Å². The minimum Gasteiger partial charge on any atom is -0.465 e. The number of benzene rings is 1. The van der Waals surface area contributed by atoms with Crippen molar-refractivity contribution in [1.29, 1.82) is 0 Å². The number of likely N-dealkylation sites (N-methyl/N-ethyl adjacent to an activating group) is 1. The molecule has 3 N–H and O–H groups in total. The topological polar surface area (TPSA) is 66.6 Å². The molecule has 20 heavy (non-hydrogen) atoms. The maximum absolute atomic E-state index is 12.7. The van der Waals surface area contributed by atoms with Gasteiger partial charge in [-0.1, -0.05) is 18.2 Å². The van der Waals surface area contributed by atoms with Crippen LogP contribution in [0.1, 0.15) is 24.0 Å². The highest BCUT2D eigenvalue weighted by Crippen LogP contribution is 2.31. The first-order chi connectivity index (χ1) is 9.29. The Labute approximate surface area is 115 Å². The zero-order chi connectivity index (χ0) is 15.3. The van der Waals surface area contributed by atoms with E-state index in [1.165, 1.54) is 12.1 Å². The number of nitrogens with zero attached hydrogens (tertiary/aromatic N) is 1. The second kappa shape index (κ2) is 6.60. The van der Waals surface area contributed by atoms with Gasteiger partial charge in [0.25, 0.3) is 0 Å². The van der Waals surface area contributed by atoms with E-state index in [-0.39, 0.29) is 19.6 Å². The highest BCUT2D eigenvalue weighted by atomic mass is 19.4. The first-order valence-electron chi connectivity index (χ1n) is 6.14. The van der Waals surface area contributed by atoms with Crippen LogP contribution in [0.15, 0.2) is 24.3 Å². The molecule has 1 aromatic rings. The van der Waals surface area contributed by atoms with Gasteiger partial charge in [-0.05, 0) is 18.6 Å². The monoisotopic (exact) mass is 290 g/mol. The van der Waals surface area contributed by atoms with Gasteiger partial charge in [-0.2, -0.15) is 13.2 Å². The predicted molar refractivity (Wildman–Crippen MR) is 68.5 cm³/mol. The van der Waals surface area contributed by atoms with Crippen LogP contribution in [0.2, 0.25) is 0 Å². The van der Waals surface area contributed by atoms with Crippen LogP contribution in [-0.4, -0.2) is 35.7 Å². The maximum Gasteiger partial charge on any atom is 0.416 e. The summed E-state index contributed by atoms with van der Waals surface area (Å²) in [5.41, 5.74) is 5.20. The van der Waals surface area contributed by atoms with Crippen molar-refractivity contribution >= 4 is 6.09 Å². The predicted octanol–water partition coefficient (Wildman–Crippen LogP) is 2.75. The molecule has 0 fully saturated rings. The molecule has 1 unspecified atom stereocenters. The first-order valence-corrected chi connectivity index (χ1v) is 6.14. The number of hydrogen-bond donors (Lipinski definition) is 2. The van der Waals surface area contributed by atoms with E-state index in [9.17, 15) is 18.0 Å². The number of carbonyl (C=O) groups is 1. The Kier molecular flexibility index (Phi) is 5.38. The summed E-state index contributed by atoms with van der Waals surface area (Å²) in [6.07, 6.45) is -5.54. The molecule has 7 heteroatoms. The third-order valence-electron chi connectivity index (χ3n) is 3.06. The van der Waals surface area contributed by atoms with Crippen molar-refractivity contribution in [2.75, 3.05) is 19.6 Å². The van der Waals surface area contributed by atoms with E-state index in [1.807, 2.05) is 0 Å². The van der Waals surface area contributed by atoms with E-state index in [4.69, 9.17) is 10.8 Å². The first kappa shape index (κ1) is 16.3.